The monoisotopic (exact) mass is 422 g/mol. The average Bonchev–Trinajstić information content (AvgIpc) is 3.32. The number of carbonyl (C=O) groups excluding carboxylic acids is 1. The van der Waals surface area contributed by atoms with E-state index >= 15 is 0 Å². The van der Waals surface area contributed by atoms with Crippen molar-refractivity contribution in [1.29, 1.82) is 0 Å². The van der Waals surface area contributed by atoms with Crippen LogP contribution >= 0.6 is 22.9 Å². The number of aromatic nitrogens is 3. The molecular formula is C22H19ClN4OS. The maximum absolute atomic E-state index is 13.2. The first-order valence-electron chi connectivity index (χ1n) is 9.09. The molecule has 1 unspecified atom stereocenters. The SMILES string of the molecule is Cc1nc(-c2cccc(Cl)c2)sc1C(=O)NC(c1ccccc1)c1nccn1C. The van der Waals surface area contributed by atoms with Gasteiger partial charge < -0.3 is 9.88 Å². The third-order valence-corrected chi connectivity index (χ3v) is 6.04. The van der Waals surface area contributed by atoms with Crippen molar-refractivity contribution in [2.45, 2.75) is 13.0 Å². The lowest BCUT2D eigenvalue weighted by molar-refractivity contribution is 0.0944. The van der Waals surface area contributed by atoms with E-state index in [2.05, 4.69) is 15.3 Å². The summed E-state index contributed by atoms with van der Waals surface area (Å²) >= 11 is 7.46. The van der Waals surface area contributed by atoms with Crippen molar-refractivity contribution in [2.75, 3.05) is 0 Å². The van der Waals surface area contributed by atoms with Gasteiger partial charge in [-0.1, -0.05) is 54.1 Å². The highest BCUT2D eigenvalue weighted by Gasteiger charge is 2.24. The molecule has 0 aliphatic heterocycles. The Morgan fingerprint density at radius 2 is 1.97 bits per heavy atom. The standard InChI is InChI=1S/C22H19ClN4OS/c1-14-19(29-22(25-14)16-9-6-10-17(23)13-16)21(28)26-18(15-7-4-3-5-8-15)20-24-11-12-27(20)2/h3-13,18H,1-2H3,(H,26,28). The molecule has 1 N–H and O–H groups in total. The van der Waals surface area contributed by atoms with Crippen LogP contribution in [0.2, 0.25) is 5.02 Å². The minimum Gasteiger partial charge on any atom is -0.337 e. The second kappa shape index (κ2) is 8.19. The predicted molar refractivity (Wildman–Crippen MR) is 116 cm³/mol. The number of rotatable bonds is 5. The first-order chi connectivity index (χ1) is 14.0. The van der Waals surface area contributed by atoms with Crippen LogP contribution in [0.4, 0.5) is 0 Å². The summed E-state index contributed by atoms with van der Waals surface area (Å²) in [6.45, 7) is 1.84. The summed E-state index contributed by atoms with van der Waals surface area (Å²) in [5, 5.41) is 4.54. The van der Waals surface area contributed by atoms with Gasteiger partial charge in [0.05, 0.1) is 5.69 Å². The fourth-order valence-corrected chi connectivity index (χ4v) is 4.30. The highest BCUT2D eigenvalue weighted by Crippen LogP contribution is 2.30. The molecular weight excluding hydrogens is 404 g/mol. The number of thiazole rings is 1. The molecule has 2 heterocycles. The van der Waals surface area contributed by atoms with Gasteiger partial charge in [0.15, 0.2) is 0 Å². The second-order valence-electron chi connectivity index (χ2n) is 6.66. The van der Waals surface area contributed by atoms with Crippen molar-refractivity contribution < 1.29 is 4.79 Å². The van der Waals surface area contributed by atoms with Gasteiger partial charge in [0.25, 0.3) is 5.91 Å². The van der Waals surface area contributed by atoms with Crippen molar-refractivity contribution in [3.05, 3.63) is 94.0 Å². The largest absolute Gasteiger partial charge is 0.337 e. The van der Waals surface area contributed by atoms with E-state index in [0.717, 1.165) is 22.0 Å². The van der Waals surface area contributed by atoms with Crippen LogP contribution in [-0.4, -0.2) is 20.4 Å². The van der Waals surface area contributed by atoms with Crippen LogP contribution in [-0.2, 0) is 7.05 Å². The van der Waals surface area contributed by atoms with E-state index in [9.17, 15) is 4.79 Å². The molecule has 0 saturated carbocycles. The van der Waals surface area contributed by atoms with Crippen LogP contribution in [0.25, 0.3) is 10.6 Å². The third kappa shape index (κ3) is 4.09. The summed E-state index contributed by atoms with van der Waals surface area (Å²) in [4.78, 5) is 22.8. The number of carbonyl (C=O) groups is 1. The number of aryl methyl sites for hydroxylation is 2. The molecule has 4 aromatic rings. The van der Waals surface area contributed by atoms with E-state index in [-0.39, 0.29) is 11.9 Å². The molecule has 0 aliphatic carbocycles. The van der Waals surface area contributed by atoms with Crippen molar-refractivity contribution in [3.63, 3.8) is 0 Å². The number of amides is 1. The molecule has 1 amide bonds. The first kappa shape index (κ1) is 19.4. The Balaban J connectivity index is 1.66. The van der Waals surface area contributed by atoms with Crippen LogP contribution in [0.3, 0.4) is 0 Å². The normalized spacial score (nSPS) is 12.0. The Kier molecular flexibility index (Phi) is 5.47. The van der Waals surface area contributed by atoms with Gasteiger partial charge in [-0.3, -0.25) is 4.79 Å². The lowest BCUT2D eigenvalue weighted by Gasteiger charge is -2.19. The zero-order valence-electron chi connectivity index (χ0n) is 16.0. The minimum atomic E-state index is -0.361. The molecule has 0 spiro atoms. The third-order valence-electron chi connectivity index (χ3n) is 4.60. The Bertz CT molecular complexity index is 1150. The minimum absolute atomic E-state index is 0.176. The van der Waals surface area contributed by atoms with Crippen molar-refractivity contribution in [2.24, 2.45) is 7.05 Å². The molecule has 2 aromatic heterocycles. The van der Waals surface area contributed by atoms with E-state index < -0.39 is 0 Å². The van der Waals surface area contributed by atoms with E-state index in [4.69, 9.17) is 11.6 Å². The van der Waals surface area contributed by atoms with E-state index in [1.54, 1.807) is 6.20 Å². The lowest BCUT2D eigenvalue weighted by Crippen LogP contribution is -2.31. The number of halogens is 1. The predicted octanol–water partition coefficient (Wildman–Crippen LogP) is 5.02. The Hall–Kier alpha value is -2.96. The molecule has 7 heteroatoms. The van der Waals surface area contributed by atoms with Crippen LogP contribution in [0, 0.1) is 6.92 Å². The van der Waals surface area contributed by atoms with Gasteiger partial charge in [-0.05, 0) is 24.6 Å². The van der Waals surface area contributed by atoms with Gasteiger partial charge in [0.1, 0.15) is 21.8 Å². The summed E-state index contributed by atoms with van der Waals surface area (Å²) in [6, 6.07) is 16.9. The first-order valence-corrected chi connectivity index (χ1v) is 10.3. The average molecular weight is 423 g/mol. The zero-order chi connectivity index (χ0) is 20.4. The molecule has 0 radical (unpaired) electrons. The van der Waals surface area contributed by atoms with Crippen LogP contribution < -0.4 is 5.32 Å². The molecule has 1 atom stereocenters. The number of nitrogens with one attached hydrogen (secondary N) is 1. The van der Waals surface area contributed by atoms with Gasteiger partial charge >= 0.3 is 0 Å². The Morgan fingerprint density at radius 1 is 1.17 bits per heavy atom. The highest BCUT2D eigenvalue weighted by molar-refractivity contribution is 7.17. The summed E-state index contributed by atoms with van der Waals surface area (Å²) in [7, 11) is 1.92. The fraction of sp³-hybridized carbons (Fsp3) is 0.136. The summed E-state index contributed by atoms with van der Waals surface area (Å²) in [5.41, 5.74) is 2.55. The highest BCUT2D eigenvalue weighted by atomic mass is 35.5. The Labute approximate surface area is 178 Å². The maximum atomic E-state index is 13.2. The van der Waals surface area contributed by atoms with E-state index in [1.165, 1.54) is 11.3 Å². The number of hydrogen-bond donors (Lipinski definition) is 1. The molecule has 4 rings (SSSR count). The fourth-order valence-electron chi connectivity index (χ4n) is 3.15. The number of benzene rings is 2. The quantitative estimate of drug-likeness (QED) is 0.491. The molecule has 146 valence electrons. The lowest BCUT2D eigenvalue weighted by atomic mass is 10.1. The molecule has 0 fully saturated rings. The van der Waals surface area contributed by atoms with Crippen LogP contribution in [0.1, 0.15) is 32.8 Å². The summed E-state index contributed by atoms with van der Waals surface area (Å²) < 4.78 is 1.91. The topological polar surface area (TPSA) is 59.8 Å². The second-order valence-corrected chi connectivity index (χ2v) is 8.09. The molecule has 2 aromatic carbocycles. The smallest absolute Gasteiger partial charge is 0.264 e. The van der Waals surface area contributed by atoms with Crippen LogP contribution in [0.15, 0.2) is 67.0 Å². The molecule has 29 heavy (non-hydrogen) atoms. The number of hydrogen-bond acceptors (Lipinski definition) is 4. The Morgan fingerprint density at radius 3 is 2.66 bits per heavy atom. The van der Waals surface area contributed by atoms with Gasteiger partial charge in [-0.2, -0.15) is 0 Å². The van der Waals surface area contributed by atoms with Gasteiger partial charge in [0, 0.05) is 30.0 Å². The van der Waals surface area contributed by atoms with Crippen molar-refractivity contribution in [1.82, 2.24) is 19.9 Å². The number of nitrogens with zero attached hydrogens (tertiary/aromatic N) is 3. The van der Waals surface area contributed by atoms with Gasteiger partial charge in [0.2, 0.25) is 0 Å². The van der Waals surface area contributed by atoms with Crippen LogP contribution in [0.5, 0.6) is 0 Å². The van der Waals surface area contributed by atoms with E-state index in [1.807, 2.05) is 79.3 Å². The van der Waals surface area contributed by atoms with Crippen molar-refractivity contribution >= 4 is 28.8 Å². The van der Waals surface area contributed by atoms with Gasteiger partial charge in [-0.15, -0.1) is 11.3 Å². The van der Waals surface area contributed by atoms with Crippen molar-refractivity contribution in [3.8, 4) is 10.6 Å². The molecule has 0 saturated heterocycles. The molecule has 5 nitrogen and oxygen atoms in total. The summed E-state index contributed by atoms with van der Waals surface area (Å²) in [5.74, 6) is 0.590. The zero-order valence-corrected chi connectivity index (χ0v) is 17.5. The summed E-state index contributed by atoms with van der Waals surface area (Å²) in [6.07, 6.45) is 3.60. The molecule has 0 aliphatic rings. The van der Waals surface area contributed by atoms with E-state index in [0.29, 0.717) is 15.6 Å². The maximum Gasteiger partial charge on any atom is 0.264 e. The number of imidazole rings is 1. The molecule has 0 bridgehead atoms. The van der Waals surface area contributed by atoms with Gasteiger partial charge in [-0.25, -0.2) is 9.97 Å².